The minimum Gasteiger partial charge on any atom is -0.458 e. The SMILES string of the molecule is COC1CCCCC1[C@@H]1C(C#N)=C(N)OC2NNC(C(F)(F)F)C21. The first kappa shape index (κ1) is 17.3. The lowest BCUT2D eigenvalue weighted by Crippen LogP contribution is -2.51. The molecule has 24 heavy (non-hydrogen) atoms. The number of ether oxygens (including phenoxy) is 2. The molecule has 9 heteroatoms. The molecule has 0 amide bonds. The molecule has 5 unspecified atom stereocenters. The van der Waals surface area contributed by atoms with Crippen LogP contribution >= 0.6 is 0 Å². The number of rotatable bonds is 2. The van der Waals surface area contributed by atoms with Crippen LogP contribution in [0.1, 0.15) is 25.7 Å². The summed E-state index contributed by atoms with van der Waals surface area (Å²) in [5, 5.41) is 9.50. The van der Waals surface area contributed by atoms with E-state index in [1.807, 2.05) is 6.07 Å². The molecule has 3 rings (SSSR count). The van der Waals surface area contributed by atoms with E-state index in [0.717, 1.165) is 19.3 Å². The molecule has 0 aromatic rings. The van der Waals surface area contributed by atoms with Gasteiger partial charge in [0.25, 0.3) is 0 Å². The normalized spacial score (nSPS) is 40.0. The summed E-state index contributed by atoms with van der Waals surface area (Å²) in [4.78, 5) is 0. The van der Waals surface area contributed by atoms with Gasteiger partial charge in [-0.15, -0.1) is 0 Å². The van der Waals surface area contributed by atoms with Crippen molar-refractivity contribution in [1.29, 1.82) is 5.26 Å². The van der Waals surface area contributed by atoms with Crippen molar-refractivity contribution in [2.24, 2.45) is 23.5 Å². The van der Waals surface area contributed by atoms with Gasteiger partial charge in [-0.1, -0.05) is 12.8 Å². The Morgan fingerprint density at radius 1 is 1.29 bits per heavy atom. The summed E-state index contributed by atoms with van der Waals surface area (Å²) in [7, 11) is 1.56. The van der Waals surface area contributed by atoms with Crippen LogP contribution in [0.5, 0.6) is 0 Å². The predicted octanol–water partition coefficient (Wildman–Crippen LogP) is 1.51. The molecule has 4 N–H and O–H groups in total. The molecule has 0 spiro atoms. The van der Waals surface area contributed by atoms with Crippen LogP contribution in [0.3, 0.4) is 0 Å². The molecule has 2 aliphatic heterocycles. The number of nitrogens with zero attached hydrogens (tertiary/aromatic N) is 1. The summed E-state index contributed by atoms with van der Waals surface area (Å²) < 4.78 is 51.2. The number of nitrogens with one attached hydrogen (secondary N) is 2. The zero-order valence-corrected chi connectivity index (χ0v) is 13.3. The maximum absolute atomic E-state index is 13.5. The Labute approximate surface area is 138 Å². The van der Waals surface area contributed by atoms with Crippen molar-refractivity contribution >= 4 is 0 Å². The summed E-state index contributed by atoms with van der Waals surface area (Å²) in [6, 6.07) is 0.179. The molecular formula is C15H21F3N4O2. The topological polar surface area (TPSA) is 92.3 Å². The third-order valence-electron chi connectivity index (χ3n) is 5.37. The smallest absolute Gasteiger partial charge is 0.405 e. The second-order valence-electron chi connectivity index (χ2n) is 6.56. The fourth-order valence-corrected chi connectivity index (χ4v) is 4.36. The fourth-order valence-electron chi connectivity index (χ4n) is 4.36. The quantitative estimate of drug-likeness (QED) is 0.702. The number of halogens is 3. The summed E-state index contributed by atoms with van der Waals surface area (Å²) >= 11 is 0. The number of allylic oxidation sites excluding steroid dienone is 1. The van der Waals surface area contributed by atoms with E-state index in [2.05, 4.69) is 10.9 Å². The van der Waals surface area contributed by atoms with Crippen molar-refractivity contribution in [2.75, 3.05) is 7.11 Å². The number of methoxy groups -OCH3 is 1. The molecule has 1 aliphatic carbocycles. The zero-order chi connectivity index (χ0) is 17.5. The van der Waals surface area contributed by atoms with E-state index >= 15 is 0 Å². The van der Waals surface area contributed by atoms with Gasteiger partial charge in [-0.3, -0.25) is 0 Å². The molecule has 1 saturated carbocycles. The van der Waals surface area contributed by atoms with Crippen LogP contribution in [-0.2, 0) is 9.47 Å². The summed E-state index contributed by atoms with van der Waals surface area (Å²) in [6.07, 6.45) is -2.23. The minimum absolute atomic E-state index is 0.0960. The number of nitriles is 1. The second-order valence-corrected chi connectivity index (χ2v) is 6.56. The lowest BCUT2D eigenvalue weighted by atomic mass is 9.66. The highest BCUT2D eigenvalue weighted by molar-refractivity contribution is 5.32. The molecule has 134 valence electrons. The summed E-state index contributed by atoms with van der Waals surface area (Å²) in [5.41, 5.74) is 10.7. The average Bonchev–Trinajstić information content (AvgIpc) is 2.97. The van der Waals surface area contributed by atoms with Gasteiger partial charge in [-0.05, 0) is 18.8 Å². The zero-order valence-electron chi connectivity index (χ0n) is 13.3. The number of hydrogen-bond donors (Lipinski definition) is 3. The predicted molar refractivity (Wildman–Crippen MR) is 77.5 cm³/mol. The molecule has 2 heterocycles. The van der Waals surface area contributed by atoms with Crippen LogP contribution in [0.2, 0.25) is 0 Å². The second kappa shape index (κ2) is 6.43. The van der Waals surface area contributed by atoms with E-state index in [4.69, 9.17) is 15.2 Å². The van der Waals surface area contributed by atoms with Crippen molar-refractivity contribution < 1.29 is 22.6 Å². The Hall–Kier alpha value is -1.50. The van der Waals surface area contributed by atoms with Gasteiger partial charge >= 0.3 is 6.18 Å². The van der Waals surface area contributed by atoms with Gasteiger partial charge in [-0.2, -0.15) is 18.4 Å². The van der Waals surface area contributed by atoms with Gasteiger partial charge in [0.05, 0.1) is 11.7 Å². The van der Waals surface area contributed by atoms with Crippen LogP contribution in [0.25, 0.3) is 0 Å². The first-order chi connectivity index (χ1) is 11.4. The van der Waals surface area contributed by atoms with Crippen molar-refractivity contribution in [3.63, 3.8) is 0 Å². The molecule has 6 atom stereocenters. The number of alkyl halides is 3. The third-order valence-corrected chi connectivity index (χ3v) is 5.37. The van der Waals surface area contributed by atoms with Gasteiger partial charge in [0, 0.05) is 18.9 Å². The lowest BCUT2D eigenvalue weighted by Gasteiger charge is -2.43. The van der Waals surface area contributed by atoms with Crippen LogP contribution in [-0.4, -0.2) is 31.7 Å². The first-order valence-electron chi connectivity index (χ1n) is 8.05. The molecule has 3 aliphatic rings. The monoisotopic (exact) mass is 346 g/mol. The number of fused-ring (bicyclic) bond motifs is 1. The Morgan fingerprint density at radius 2 is 2.00 bits per heavy atom. The highest BCUT2D eigenvalue weighted by Gasteiger charge is 2.59. The maximum atomic E-state index is 13.5. The van der Waals surface area contributed by atoms with Crippen LogP contribution in [0.15, 0.2) is 11.5 Å². The van der Waals surface area contributed by atoms with Gasteiger partial charge in [-0.25, -0.2) is 10.9 Å². The van der Waals surface area contributed by atoms with E-state index < -0.39 is 30.3 Å². The molecule has 1 saturated heterocycles. The number of hydrazine groups is 1. The van der Waals surface area contributed by atoms with Gasteiger partial charge in [0.2, 0.25) is 0 Å². The Bertz CT molecular complexity index is 560. The van der Waals surface area contributed by atoms with E-state index in [1.165, 1.54) is 0 Å². The Morgan fingerprint density at radius 3 is 2.62 bits per heavy atom. The highest BCUT2D eigenvalue weighted by atomic mass is 19.4. The molecule has 0 radical (unpaired) electrons. The molecule has 6 nitrogen and oxygen atoms in total. The molecule has 0 bridgehead atoms. The average molecular weight is 346 g/mol. The molecular weight excluding hydrogens is 325 g/mol. The van der Waals surface area contributed by atoms with E-state index in [0.29, 0.717) is 6.42 Å². The van der Waals surface area contributed by atoms with Crippen LogP contribution in [0.4, 0.5) is 13.2 Å². The number of hydrogen-bond acceptors (Lipinski definition) is 6. The van der Waals surface area contributed by atoms with E-state index in [1.54, 1.807) is 7.11 Å². The largest absolute Gasteiger partial charge is 0.458 e. The van der Waals surface area contributed by atoms with E-state index in [9.17, 15) is 18.4 Å². The fraction of sp³-hybridized carbons (Fsp3) is 0.800. The molecule has 2 fully saturated rings. The van der Waals surface area contributed by atoms with Crippen molar-refractivity contribution in [1.82, 2.24) is 10.9 Å². The number of nitrogens with two attached hydrogens (primary N) is 1. The summed E-state index contributed by atoms with van der Waals surface area (Å²) in [5.74, 6) is -1.91. The van der Waals surface area contributed by atoms with Crippen LogP contribution < -0.4 is 16.6 Å². The Kier molecular flexibility index (Phi) is 4.64. The first-order valence-corrected chi connectivity index (χ1v) is 8.05. The van der Waals surface area contributed by atoms with Gasteiger partial charge in [0.15, 0.2) is 12.1 Å². The minimum atomic E-state index is -4.46. The molecule has 0 aromatic heterocycles. The van der Waals surface area contributed by atoms with Crippen molar-refractivity contribution in [2.45, 2.75) is 50.2 Å². The Balaban J connectivity index is 2.02. The molecule has 0 aromatic carbocycles. The lowest BCUT2D eigenvalue weighted by molar-refractivity contribution is -0.174. The maximum Gasteiger partial charge on any atom is 0.405 e. The van der Waals surface area contributed by atoms with Gasteiger partial charge in [0.1, 0.15) is 12.1 Å². The third kappa shape index (κ3) is 2.83. The van der Waals surface area contributed by atoms with Crippen molar-refractivity contribution in [3.8, 4) is 6.07 Å². The summed E-state index contributed by atoms with van der Waals surface area (Å²) in [6.45, 7) is 0. The van der Waals surface area contributed by atoms with E-state index in [-0.39, 0.29) is 23.5 Å². The highest BCUT2D eigenvalue weighted by Crippen LogP contribution is 2.48. The van der Waals surface area contributed by atoms with Crippen LogP contribution in [0, 0.1) is 29.1 Å². The standard InChI is InChI=1S/C15H21F3N4O2/c1-23-9-5-3-2-4-7(9)10-8(6-19)13(20)24-14-11(10)12(21-22-14)15(16,17)18/h7,9-12,14,21-22H,2-5,20H2,1H3/t7?,9?,10-,11?,12?,14?/m1/s1. The van der Waals surface area contributed by atoms with Gasteiger partial charge < -0.3 is 15.2 Å². The van der Waals surface area contributed by atoms with Crippen molar-refractivity contribution in [3.05, 3.63) is 11.5 Å².